The first kappa shape index (κ1) is 19.1. The van der Waals surface area contributed by atoms with E-state index in [1.54, 1.807) is 0 Å². The number of hydroxylamine groups is 1. The van der Waals surface area contributed by atoms with Gasteiger partial charge in [-0.15, -0.1) is 0 Å². The number of benzene rings is 1. The molecule has 6 nitrogen and oxygen atoms in total. The predicted molar refractivity (Wildman–Crippen MR) is 86.9 cm³/mol. The Bertz CT molecular complexity index is 540. The number of nitrogens with one attached hydrogen (secondary N) is 1. The molecule has 2 amide bonds. The molecular weight excluding hydrogens is 296 g/mol. The van der Waals surface area contributed by atoms with Gasteiger partial charge in [-0.25, -0.2) is 5.48 Å². The van der Waals surface area contributed by atoms with Crippen LogP contribution in [0.25, 0.3) is 0 Å². The largest absolute Gasteiger partial charge is 0.394 e. The van der Waals surface area contributed by atoms with Crippen molar-refractivity contribution in [3.63, 3.8) is 0 Å². The zero-order chi connectivity index (χ0) is 17.6. The van der Waals surface area contributed by atoms with Crippen LogP contribution < -0.4 is 5.48 Å². The summed E-state index contributed by atoms with van der Waals surface area (Å²) >= 11 is 0. The van der Waals surface area contributed by atoms with E-state index in [9.17, 15) is 14.7 Å². The van der Waals surface area contributed by atoms with E-state index in [2.05, 4.69) is 0 Å². The standard InChI is InChI=1S/C17H26N2O4/c1-12-5-7-13(8-6-12)9-10-17(2,3)16(22)19(4)14(11-20)15(21)18-23/h5-8,14,20,23H,9-11H2,1-4H3,(H,18,21)/t14-/m1/s1. The topological polar surface area (TPSA) is 89.9 Å². The van der Waals surface area contributed by atoms with Gasteiger partial charge in [0.2, 0.25) is 5.91 Å². The van der Waals surface area contributed by atoms with Crippen LogP contribution in [0.5, 0.6) is 0 Å². The van der Waals surface area contributed by atoms with Crippen LogP contribution in [0.4, 0.5) is 0 Å². The molecule has 0 aliphatic heterocycles. The molecule has 6 heteroatoms. The van der Waals surface area contributed by atoms with E-state index >= 15 is 0 Å². The van der Waals surface area contributed by atoms with Gasteiger partial charge in [-0.05, 0) is 25.3 Å². The summed E-state index contributed by atoms with van der Waals surface area (Å²) in [4.78, 5) is 25.3. The molecule has 1 atom stereocenters. The molecule has 0 saturated carbocycles. The summed E-state index contributed by atoms with van der Waals surface area (Å²) in [6.45, 7) is 5.09. The summed E-state index contributed by atoms with van der Waals surface area (Å²) in [5.74, 6) is -1.06. The Morgan fingerprint density at radius 3 is 2.30 bits per heavy atom. The Balaban J connectivity index is 2.75. The molecule has 0 aliphatic rings. The maximum atomic E-state index is 12.6. The monoisotopic (exact) mass is 322 g/mol. The molecular formula is C17H26N2O4. The Hall–Kier alpha value is -1.92. The first-order valence-electron chi connectivity index (χ1n) is 7.60. The molecule has 0 spiro atoms. The fourth-order valence-electron chi connectivity index (χ4n) is 2.39. The van der Waals surface area contributed by atoms with Crippen LogP contribution in [0.2, 0.25) is 0 Å². The van der Waals surface area contributed by atoms with Crippen LogP contribution in [-0.4, -0.2) is 46.7 Å². The van der Waals surface area contributed by atoms with Gasteiger partial charge in [0, 0.05) is 12.5 Å². The van der Waals surface area contributed by atoms with E-state index in [4.69, 9.17) is 5.21 Å². The van der Waals surface area contributed by atoms with Crippen molar-refractivity contribution in [1.82, 2.24) is 10.4 Å². The lowest BCUT2D eigenvalue weighted by atomic mass is 9.84. The SMILES string of the molecule is Cc1ccc(CCC(C)(C)C(=O)N(C)[C@H](CO)C(=O)NO)cc1. The normalized spacial score (nSPS) is 12.6. The van der Waals surface area contributed by atoms with Crippen LogP contribution in [0.1, 0.15) is 31.4 Å². The predicted octanol–water partition coefficient (Wildman–Crippen LogP) is 1.28. The van der Waals surface area contributed by atoms with Gasteiger partial charge in [0.1, 0.15) is 6.04 Å². The maximum absolute atomic E-state index is 12.6. The number of likely N-dealkylation sites (N-methyl/N-ethyl adjacent to an activating group) is 1. The maximum Gasteiger partial charge on any atom is 0.268 e. The van der Waals surface area contributed by atoms with Gasteiger partial charge >= 0.3 is 0 Å². The molecule has 23 heavy (non-hydrogen) atoms. The minimum Gasteiger partial charge on any atom is -0.394 e. The van der Waals surface area contributed by atoms with Gasteiger partial charge < -0.3 is 10.0 Å². The Labute approximate surface area is 137 Å². The molecule has 1 aromatic rings. The van der Waals surface area contributed by atoms with Crippen LogP contribution in [0, 0.1) is 12.3 Å². The van der Waals surface area contributed by atoms with Crippen molar-refractivity contribution >= 4 is 11.8 Å². The van der Waals surface area contributed by atoms with Crippen LogP contribution in [0.15, 0.2) is 24.3 Å². The van der Waals surface area contributed by atoms with Gasteiger partial charge in [0.15, 0.2) is 0 Å². The second-order valence-corrected chi connectivity index (χ2v) is 6.46. The minimum atomic E-state index is -1.11. The van der Waals surface area contributed by atoms with Gasteiger partial charge in [-0.3, -0.25) is 14.8 Å². The van der Waals surface area contributed by atoms with Gasteiger partial charge in [0.05, 0.1) is 6.61 Å². The lowest BCUT2D eigenvalue weighted by molar-refractivity contribution is -0.150. The quantitative estimate of drug-likeness (QED) is 0.521. The number of aliphatic hydroxyl groups is 1. The second kappa shape index (κ2) is 8.08. The van der Waals surface area contributed by atoms with E-state index in [0.29, 0.717) is 6.42 Å². The number of aliphatic hydroxyl groups excluding tert-OH is 1. The highest BCUT2D eigenvalue weighted by atomic mass is 16.5. The number of carbonyl (C=O) groups excluding carboxylic acids is 2. The number of aryl methyl sites for hydroxylation is 2. The number of rotatable bonds is 7. The zero-order valence-corrected chi connectivity index (χ0v) is 14.2. The molecule has 0 aliphatic carbocycles. The molecule has 0 saturated heterocycles. The number of hydrogen-bond donors (Lipinski definition) is 3. The summed E-state index contributed by atoms with van der Waals surface area (Å²) < 4.78 is 0. The first-order chi connectivity index (χ1) is 10.7. The number of carbonyl (C=O) groups is 2. The van der Waals surface area contributed by atoms with E-state index in [-0.39, 0.29) is 5.91 Å². The van der Waals surface area contributed by atoms with Crippen LogP contribution >= 0.6 is 0 Å². The van der Waals surface area contributed by atoms with Gasteiger partial charge in [-0.1, -0.05) is 43.7 Å². The fourth-order valence-corrected chi connectivity index (χ4v) is 2.39. The molecule has 0 radical (unpaired) electrons. The number of hydrogen-bond acceptors (Lipinski definition) is 4. The van der Waals surface area contributed by atoms with Gasteiger partial charge in [-0.2, -0.15) is 0 Å². The summed E-state index contributed by atoms with van der Waals surface area (Å²) in [5, 5.41) is 18.0. The lowest BCUT2D eigenvalue weighted by Gasteiger charge is -2.33. The molecule has 0 heterocycles. The Kier molecular flexibility index (Phi) is 6.72. The smallest absolute Gasteiger partial charge is 0.268 e. The van der Waals surface area contributed by atoms with Crippen molar-refractivity contribution in [3.05, 3.63) is 35.4 Å². The van der Waals surface area contributed by atoms with E-state index < -0.39 is 24.0 Å². The molecule has 0 aromatic heterocycles. The summed E-state index contributed by atoms with van der Waals surface area (Å²) in [7, 11) is 1.45. The van der Waals surface area contributed by atoms with E-state index in [1.165, 1.54) is 23.0 Å². The fraction of sp³-hybridized carbons (Fsp3) is 0.529. The Morgan fingerprint density at radius 2 is 1.83 bits per heavy atom. The van der Waals surface area contributed by atoms with Crippen molar-refractivity contribution in [1.29, 1.82) is 0 Å². The van der Waals surface area contributed by atoms with Crippen molar-refractivity contribution < 1.29 is 19.9 Å². The molecule has 3 N–H and O–H groups in total. The van der Waals surface area contributed by atoms with Crippen molar-refractivity contribution in [3.8, 4) is 0 Å². The highest BCUT2D eigenvalue weighted by Crippen LogP contribution is 2.26. The van der Waals surface area contributed by atoms with Crippen LogP contribution in [0.3, 0.4) is 0 Å². The van der Waals surface area contributed by atoms with E-state index in [1.807, 2.05) is 45.0 Å². The molecule has 0 fully saturated rings. The van der Waals surface area contributed by atoms with Gasteiger partial charge in [0.25, 0.3) is 5.91 Å². The Morgan fingerprint density at radius 1 is 1.26 bits per heavy atom. The number of amides is 2. The molecule has 1 rings (SSSR count). The summed E-state index contributed by atoms with van der Waals surface area (Å²) in [6, 6.07) is 7.03. The molecule has 0 unspecified atom stereocenters. The minimum absolute atomic E-state index is 0.257. The highest BCUT2D eigenvalue weighted by molar-refractivity contribution is 5.89. The first-order valence-corrected chi connectivity index (χ1v) is 7.60. The molecule has 1 aromatic carbocycles. The number of nitrogens with zero attached hydrogens (tertiary/aromatic N) is 1. The summed E-state index contributed by atoms with van der Waals surface area (Å²) in [5.41, 5.74) is 3.11. The third kappa shape index (κ3) is 5.04. The summed E-state index contributed by atoms with van der Waals surface area (Å²) in [6.07, 6.45) is 1.35. The highest BCUT2D eigenvalue weighted by Gasteiger charge is 2.35. The molecule has 128 valence electrons. The van der Waals surface area contributed by atoms with Crippen LogP contribution in [-0.2, 0) is 16.0 Å². The van der Waals surface area contributed by atoms with Crippen molar-refractivity contribution in [2.24, 2.45) is 5.41 Å². The third-order valence-corrected chi connectivity index (χ3v) is 4.11. The second-order valence-electron chi connectivity index (χ2n) is 6.46. The average molecular weight is 322 g/mol. The third-order valence-electron chi connectivity index (χ3n) is 4.11. The van der Waals surface area contributed by atoms with Crippen molar-refractivity contribution in [2.45, 2.75) is 39.7 Å². The van der Waals surface area contributed by atoms with E-state index in [0.717, 1.165) is 12.0 Å². The lowest BCUT2D eigenvalue weighted by Crippen LogP contribution is -2.52. The van der Waals surface area contributed by atoms with Crippen molar-refractivity contribution in [2.75, 3.05) is 13.7 Å². The average Bonchev–Trinajstić information content (AvgIpc) is 2.53. The zero-order valence-electron chi connectivity index (χ0n) is 14.2. The molecule has 0 bridgehead atoms.